The molecule has 2 heteroatoms. The summed E-state index contributed by atoms with van der Waals surface area (Å²) >= 11 is 0. The van der Waals surface area contributed by atoms with Crippen molar-refractivity contribution in [2.75, 3.05) is 6.54 Å². The summed E-state index contributed by atoms with van der Waals surface area (Å²) < 4.78 is 5.59. The van der Waals surface area contributed by atoms with Crippen molar-refractivity contribution in [3.63, 3.8) is 0 Å². The van der Waals surface area contributed by atoms with Crippen LogP contribution in [0.1, 0.15) is 27.2 Å². The Bertz CT molecular complexity index is 126. The summed E-state index contributed by atoms with van der Waals surface area (Å²) in [5, 5.41) is 0. The highest BCUT2D eigenvalue weighted by atomic mass is 16.5. The van der Waals surface area contributed by atoms with Gasteiger partial charge >= 0.3 is 0 Å². The topological polar surface area (TPSA) is 35.2 Å². The molecule has 1 aliphatic heterocycles. The van der Waals surface area contributed by atoms with Crippen molar-refractivity contribution in [2.24, 2.45) is 11.1 Å². The minimum Gasteiger partial charge on any atom is -0.375 e. The van der Waals surface area contributed by atoms with Crippen LogP contribution >= 0.6 is 0 Å². The third kappa shape index (κ3) is 1.18. The van der Waals surface area contributed by atoms with Gasteiger partial charge in [-0.1, -0.05) is 6.92 Å². The fourth-order valence-electron chi connectivity index (χ4n) is 1.63. The van der Waals surface area contributed by atoms with Crippen molar-refractivity contribution in [1.29, 1.82) is 0 Å². The Hall–Kier alpha value is -0.0800. The van der Waals surface area contributed by atoms with Gasteiger partial charge in [-0.15, -0.1) is 0 Å². The van der Waals surface area contributed by atoms with Crippen molar-refractivity contribution in [3.8, 4) is 0 Å². The predicted molar refractivity (Wildman–Crippen MR) is 41.8 cm³/mol. The summed E-state index contributed by atoms with van der Waals surface area (Å²) in [6, 6.07) is 0. The van der Waals surface area contributed by atoms with Crippen LogP contribution in [0, 0.1) is 5.41 Å². The average Bonchev–Trinajstić information content (AvgIpc) is 2.09. The van der Waals surface area contributed by atoms with Crippen LogP contribution in [-0.4, -0.2) is 18.8 Å². The highest BCUT2D eigenvalue weighted by Crippen LogP contribution is 2.36. The molecule has 1 saturated heterocycles. The zero-order valence-corrected chi connectivity index (χ0v) is 7.05. The van der Waals surface area contributed by atoms with Crippen molar-refractivity contribution in [2.45, 2.75) is 39.4 Å². The quantitative estimate of drug-likeness (QED) is 0.597. The van der Waals surface area contributed by atoms with E-state index in [2.05, 4.69) is 20.8 Å². The molecule has 0 unspecified atom stereocenters. The lowest BCUT2D eigenvalue weighted by molar-refractivity contribution is 0.0383. The number of nitrogens with two attached hydrogens (primary N) is 1. The highest BCUT2D eigenvalue weighted by Gasteiger charge is 2.39. The standard InChI is InChI=1S/C8H17NO/c1-6-4-8(3,5-9)7(2)10-6/h6-7H,4-5,9H2,1-3H3/t6-,7+,8-/m1/s1. The second kappa shape index (κ2) is 2.51. The summed E-state index contributed by atoms with van der Waals surface area (Å²) in [5.74, 6) is 0. The Morgan fingerprint density at radius 2 is 2.20 bits per heavy atom. The number of hydrogen-bond donors (Lipinski definition) is 1. The maximum Gasteiger partial charge on any atom is 0.0617 e. The van der Waals surface area contributed by atoms with Gasteiger partial charge in [0, 0.05) is 12.0 Å². The van der Waals surface area contributed by atoms with Gasteiger partial charge in [-0.3, -0.25) is 0 Å². The van der Waals surface area contributed by atoms with E-state index >= 15 is 0 Å². The lowest BCUT2D eigenvalue weighted by Gasteiger charge is -2.24. The van der Waals surface area contributed by atoms with Crippen molar-refractivity contribution in [3.05, 3.63) is 0 Å². The van der Waals surface area contributed by atoms with Gasteiger partial charge in [0.1, 0.15) is 0 Å². The van der Waals surface area contributed by atoms with Crippen LogP contribution in [0.5, 0.6) is 0 Å². The molecule has 1 fully saturated rings. The van der Waals surface area contributed by atoms with Crippen molar-refractivity contribution >= 4 is 0 Å². The lowest BCUT2D eigenvalue weighted by atomic mass is 9.83. The van der Waals surface area contributed by atoms with Gasteiger partial charge in [-0.05, 0) is 20.3 Å². The Morgan fingerprint density at radius 1 is 1.60 bits per heavy atom. The zero-order chi connectivity index (χ0) is 7.78. The molecule has 1 aliphatic rings. The van der Waals surface area contributed by atoms with Crippen LogP contribution in [0.25, 0.3) is 0 Å². The van der Waals surface area contributed by atoms with E-state index in [0.717, 1.165) is 13.0 Å². The molecule has 0 aromatic rings. The molecule has 0 spiro atoms. The fourth-order valence-corrected chi connectivity index (χ4v) is 1.63. The second-order valence-electron chi connectivity index (χ2n) is 3.65. The highest BCUT2D eigenvalue weighted by molar-refractivity contribution is 4.89. The third-order valence-corrected chi connectivity index (χ3v) is 2.64. The Labute approximate surface area is 62.7 Å². The maximum atomic E-state index is 5.64. The van der Waals surface area contributed by atoms with Crippen LogP contribution < -0.4 is 5.73 Å². The second-order valence-corrected chi connectivity index (χ2v) is 3.65. The van der Waals surface area contributed by atoms with E-state index in [4.69, 9.17) is 10.5 Å². The first-order valence-electron chi connectivity index (χ1n) is 3.94. The van der Waals surface area contributed by atoms with Crippen LogP contribution in [0.15, 0.2) is 0 Å². The van der Waals surface area contributed by atoms with Crippen LogP contribution in [0.3, 0.4) is 0 Å². The molecule has 0 saturated carbocycles. The van der Waals surface area contributed by atoms with E-state index < -0.39 is 0 Å². The van der Waals surface area contributed by atoms with Crippen molar-refractivity contribution < 1.29 is 4.74 Å². The summed E-state index contributed by atoms with van der Waals surface area (Å²) in [6.07, 6.45) is 1.82. The Kier molecular flexibility index (Phi) is 2.02. The fraction of sp³-hybridized carbons (Fsp3) is 1.00. The molecule has 0 amide bonds. The molecule has 1 rings (SSSR count). The van der Waals surface area contributed by atoms with Gasteiger partial charge in [0.15, 0.2) is 0 Å². The monoisotopic (exact) mass is 143 g/mol. The van der Waals surface area contributed by atoms with E-state index in [1.165, 1.54) is 0 Å². The molecule has 1 heterocycles. The smallest absolute Gasteiger partial charge is 0.0617 e. The van der Waals surface area contributed by atoms with Crippen molar-refractivity contribution in [1.82, 2.24) is 0 Å². The zero-order valence-electron chi connectivity index (χ0n) is 7.05. The number of rotatable bonds is 1. The largest absolute Gasteiger partial charge is 0.375 e. The molecule has 0 aromatic carbocycles. The molecule has 0 aromatic heterocycles. The molecule has 0 aliphatic carbocycles. The normalized spacial score (nSPS) is 48.0. The van der Waals surface area contributed by atoms with E-state index in [1.54, 1.807) is 0 Å². The first-order valence-corrected chi connectivity index (χ1v) is 3.94. The third-order valence-electron chi connectivity index (χ3n) is 2.64. The summed E-state index contributed by atoms with van der Waals surface area (Å²) in [5.41, 5.74) is 5.86. The van der Waals surface area contributed by atoms with E-state index in [1.807, 2.05) is 0 Å². The molecular weight excluding hydrogens is 126 g/mol. The van der Waals surface area contributed by atoms with E-state index in [9.17, 15) is 0 Å². The van der Waals surface area contributed by atoms with Gasteiger partial charge in [0.2, 0.25) is 0 Å². The average molecular weight is 143 g/mol. The van der Waals surface area contributed by atoms with Crippen LogP contribution in [0.2, 0.25) is 0 Å². The summed E-state index contributed by atoms with van der Waals surface area (Å²) in [6.45, 7) is 7.15. The predicted octanol–water partition coefficient (Wildman–Crippen LogP) is 1.15. The SMILES string of the molecule is C[C@@H]1C[C@](C)(CN)[C@H](C)O1. The molecule has 2 nitrogen and oxygen atoms in total. The van der Waals surface area contributed by atoms with E-state index in [0.29, 0.717) is 12.2 Å². The van der Waals surface area contributed by atoms with Crippen LogP contribution in [0.4, 0.5) is 0 Å². The Balaban J connectivity index is 2.61. The first-order chi connectivity index (χ1) is 4.58. The molecule has 3 atom stereocenters. The minimum absolute atomic E-state index is 0.222. The maximum absolute atomic E-state index is 5.64. The Morgan fingerprint density at radius 3 is 2.40 bits per heavy atom. The molecule has 0 radical (unpaired) electrons. The van der Waals surface area contributed by atoms with Crippen LogP contribution in [-0.2, 0) is 4.74 Å². The number of ether oxygens (including phenoxy) is 1. The number of hydrogen-bond acceptors (Lipinski definition) is 2. The molecule has 0 bridgehead atoms. The van der Waals surface area contributed by atoms with Gasteiger partial charge in [0.25, 0.3) is 0 Å². The lowest BCUT2D eigenvalue weighted by Crippen LogP contribution is -2.33. The van der Waals surface area contributed by atoms with E-state index in [-0.39, 0.29) is 5.41 Å². The molecule has 60 valence electrons. The molecule has 10 heavy (non-hydrogen) atoms. The van der Waals surface area contributed by atoms with Gasteiger partial charge in [-0.2, -0.15) is 0 Å². The summed E-state index contributed by atoms with van der Waals surface area (Å²) in [4.78, 5) is 0. The van der Waals surface area contributed by atoms with Gasteiger partial charge in [0.05, 0.1) is 12.2 Å². The molecule has 2 N–H and O–H groups in total. The molecular formula is C8H17NO. The minimum atomic E-state index is 0.222. The summed E-state index contributed by atoms with van der Waals surface area (Å²) in [7, 11) is 0. The van der Waals surface area contributed by atoms with Gasteiger partial charge < -0.3 is 10.5 Å². The van der Waals surface area contributed by atoms with Gasteiger partial charge in [-0.25, -0.2) is 0 Å². The first kappa shape index (κ1) is 8.02.